The third-order valence-corrected chi connectivity index (χ3v) is 11.6. The fraction of sp³-hybridized carbons (Fsp3) is 0.361. The fourth-order valence-corrected chi connectivity index (χ4v) is 8.98. The van der Waals surface area contributed by atoms with E-state index >= 15 is 4.79 Å². The lowest BCUT2D eigenvalue weighted by atomic mass is 9.79. The smallest absolute Gasteiger partial charge is 0.271 e. The zero-order valence-electron chi connectivity index (χ0n) is 27.3. The molecule has 2 atom stereocenters. The predicted molar refractivity (Wildman–Crippen MR) is 178 cm³/mol. The van der Waals surface area contributed by atoms with E-state index in [1.54, 1.807) is 12.3 Å². The van der Waals surface area contributed by atoms with E-state index in [4.69, 9.17) is 13.9 Å². The summed E-state index contributed by atoms with van der Waals surface area (Å²) in [7, 11) is -1.47. The number of nitrogens with zero attached hydrogens (tertiary/aromatic N) is 5. The summed E-state index contributed by atoms with van der Waals surface area (Å²) >= 11 is 0. The average molecular weight is 684 g/mol. The van der Waals surface area contributed by atoms with Crippen LogP contribution in [-0.4, -0.2) is 74.2 Å². The highest BCUT2D eigenvalue weighted by molar-refractivity contribution is 7.93. The number of carbonyl (C=O) groups is 1. The van der Waals surface area contributed by atoms with Gasteiger partial charge in [-0.25, -0.2) is 17.7 Å². The van der Waals surface area contributed by atoms with Gasteiger partial charge in [-0.1, -0.05) is 6.07 Å². The highest BCUT2D eigenvalue weighted by Gasteiger charge is 2.63. The largest absolute Gasteiger partial charge is 0.497 e. The van der Waals surface area contributed by atoms with E-state index in [2.05, 4.69) is 16.0 Å². The van der Waals surface area contributed by atoms with Crippen LogP contribution in [0.3, 0.4) is 0 Å². The number of ether oxygens (including phenoxy) is 2. The maximum absolute atomic E-state index is 15.6. The first-order valence-corrected chi connectivity index (χ1v) is 17.7. The van der Waals surface area contributed by atoms with E-state index in [0.29, 0.717) is 80.4 Å². The summed E-state index contributed by atoms with van der Waals surface area (Å²) in [5.74, 6) is 0.543. The van der Waals surface area contributed by atoms with Crippen molar-refractivity contribution in [3.05, 3.63) is 101 Å². The third-order valence-electron chi connectivity index (χ3n) is 9.86. The topological polar surface area (TPSA) is 149 Å². The lowest BCUT2D eigenvalue weighted by Crippen LogP contribution is -2.54. The number of likely N-dealkylation sites (tertiary alicyclic amines) is 2. The molecule has 3 aliphatic rings. The van der Waals surface area contributed by atoms with Crippen LogP contribution in [0.4, 0.5) is 5.69 Å². The zero-order chi connectivity index (χ0) is 34.3. The molecule has 2 fully saturated rings. The van der Waals surface area contributed by atoms with E-state index in [-0.39, 0.29) is 22.3 Å². The van der Waals surface area contributed by atoms with Crippen molar-refractivity contribution < 1.29 is 32.2 Å². The van der Waals surface area contributed by atoms with E-state index < -0.39 is 27.5 Å². The third kappa shape index (κ3) is 5.45. The molecule has 3 aromatic carbocycles. The summed E-state index contributed by atoms with van der Waals surface area (Å²) in [5.41, 5.74) is 0.363. The molecule has 1 N–H and O–H groups in total. The molecule has 13 heteroatoms. The molecule has 12 nitrogen and oxygen atoms in total. The summed E-state index contributed by atoms with van der Waals surface area (Å²) in [6.07, 6.45) is 5.32. The molecule has 254 valence electrons. The summed E-state index contributed by atoms with van der Waals surface area (Å²) in [4.78, 5) is 24.2. The molecular weight excluding hydrogens is 646 g/mol. The maximum Gasteiger partial charge on any atom is 0.271 e. The number of sulfonamides is 1. The first-order valence-electron chi connectivity index (χ1n) is 16.2. The number of amides is 1. The van der Waals surface area contributed by atoms with Gasteiger partial charge in [0.05, 0.1) is 54.8 Å². The van der Waals surface area contributed by atoms with Crippen molar-refractivity contribution in [2.75, 3.05) is 38.2 Å². The van der Waals surface area contributed by atoms with Crippen LogP contribution >= 0.6 is 0 Å². The Morgan fingerprint density at radius 1 is 1.00 bits per heavy atom. The van der Waals surface area contributed by atoms with Gasteiger partial charge < -0.3 is 19.0 Å². The molecular formula is C36H37N5O7S. The van der Waals surface area contributed by atoms with Crippen molar-refractivity contribution in [3.8, 4) is 17.6 Å². The van der Waals surface area contributed by atoms with E-state index in [1.165, 1.54) is 56.9 Å². The van der Waals surface area contributed by atoms with Crippen molar-refractivity contribution in [2.24, 2.45) is 0 Å². The molecule has 2 saturated heterocycles. The number of carbonyl (C=O) groups excluding carboxylic acids is 1. The lowest BCUT2D eigenvalue weighted by molar-refractivity contribution is -0.127. The monoisotopic (exact) mass is 683 g/mol. The first kappa shape index (κ1) is 32.8. The number of oxazole rings is 1. The Kier molecular flexibility index (Phi) is 8.66. The fourth-order valence-electron chi connectivity index (χ4n) is 7.52. The Labute approximate surface area is 285 Å². The minimum absolute atomic E-state index is 0.0913. The molecule has 3 aliphatic heterocycles. The number of benzene rings is 3. The number of fused-ring (bicyclic) bond motifs is 1. The number of aliphatic hydroxyl groups excluding tert-OH is 1. The van der Waals surface area contributed by atoms with Crippen LogP contribution in [0.1, 0.15) is 59.9 Å². The number of methoxy groups -OCH3 is 2. The normalized spacial score (nSPS) is 21.9. The highest BCUT2D eigenvalue weighted by atomic mass is 32.2. The second-order valence-corrected chi connectivity index (χ2v) is 14.4. The number of anilines is 1. The SMILES string of the molecule is COc1ccc(S(=O)(=O)N2C(=O)C(c3cc(CN4CCC(O)CC4)ccc3OC)(N3CCCC3c3ncco3)c3cc(C#N)ccc32)cc1. The Morgan fingerprint density at radius 2 is 1.78 bits per heavy atom. The van der Waals surface area contributed by atoms with Gasteiger partial charge in [0.15, 0.2) is 5.54 Å². The molecule has 2 unspecified atom stereocenters. The number of aliphatic hydroxyl groups is 1. The van der Waals surface area contributed by atoms with Crippen LogP contribution in [-0.2, 0) is 26.9 Å². The molecule has 4 aromatic rings. The van der Waals surface area contributed by atoms with Gasteiger partial charge in [0, 0.05) is 37.3 Å². The van der Waals surface area contributed by atoms with Crippen LogP contribution in [0.5, 0.6) is 11.5 Å². The summed E-state index contributed by atoms with van der Waals surface area (Å²) in [5, 5.41) is 20.2. The minimum Gasteiger partial charge on any atom is -0.497 e. The Balaban J connectivity index is 1.48. The number of rotatable bonds is 9. The summed E-state index contributed by atoms with van der Waals surface area (Å²) in [6.45, 7) is 2.39. The van der Waals surface area contributed by atoms with Gasteiger partial charge in [0.1, 0.15) is 17.8 Å². The number of hydrogen-bond donors (Lipinski definition) is 1. The molecule has 4 heterocycles. The molecule has 1 aromatic heterocycles. The molecule has 0 radical (unpaired) electrons. The van der Waals surface area contributed by atoms with E-state index in [1.807, 2.05) is 23.1 Å². The standard InChI is InChI=1S/C36H37N5O7S/c1-46-27-7-9-28(10-8-27)49(44,45)41-31-11-5-24(22-37)20-29(31)36(35(41)43,40-16-3-4-32(40)34-38-15-19-48-34)30-21-25(6-12-33(30)47-2)23-39-17-13-26(42)14-18-39/h5-12,15,19-21,26,32,42H,3-4,13-14,16-18,23H2,1-2H3. The van der Waals surface area contributed by atoms with Gasteiger partial charge in [0.2, 0.25) is 5.89 Å². The van der Waals surface area contributed by atoms with Gasteiger partial charge in [-0.3, -0.25) is 14.6 Å². The molecule has 7 rings (SSSR count). The Bertz CT molecular complexity index is 2000. The number of aromatic nitrogens is 1. The van der Waals surface area contributed by atoms with E-state index in [0.717, 1.165) is 9.87 Å². The van der Waals surface area contributed by atoms with Gasteiger partial charge in [-0.05, 0) is 85.8 Å². The van der Waals surface area contributed by atoms with Gasteiger partial charge in [0.25, 0.3) is 15.9 Å². The second kappa shape index (κ2) is 12.9. The van der Waals surface area contributed by atoms with Crippen LogP contribution in [0.15, 0.2) is 82.4 Å². The first-order chi connectivity index (χ1) is 23.7. The molecule has 0 saturated carbocycles. The molecule has 0 bridgehead atoms. The van der Waals surface area contributed by atoms with Crippen LogP contribution in [0.25, 0.3) is 0 Å². The average Bonchev–Trinajstić information content (AvgIpc) is 3.88. The zero-order valence-corrected chi connectivity index (χ0v) is 28.1. The molecule has 1 amide bonds. The van der Waals surface area contributed by atoms with Crippen molar-refractivity contribution in [3.63, 3.8) is 0 Å². The molecule has 0 aliphatic carbocycles. The quantitative estimate of drug-likeness (QED) is 0.269. The minimum atomic E-state index is -4.48. The van der Waals surface area contributed by atoms with Crippen LogP contribution in [0, 0.1) is 11.3 Å². The van der Waals surface area contributed by atoms with Crippen molar-refractivity contribution in [1.82, 2.24) is 14.8 Å². The van der Waals surface area contributed by atoms with Crippen LogP contribution < -0.4 is 13.8 Å². The Morgan fingerprint density at radius 3 is 2.45 bits per heavy atom. The van der Waals surface area contributed by atoms with Crippen molar-refractivity contribution in [2.45, 2.75) is 54.8 Å². The summed E-state index contributed by atoms with van der Waals surface area (Å²) in [6, 6.07) is 17.9. The molecule has 0 spiro atoms. The lowest BCUT2D eigenvalue weighted by Gasteiger charge is -2.41. The summed E-state index contributed by atoms with van der Waals surface area (Å²) < 4.78 is 47.1. The number of piperidine rings is 1. The van der Waals surface area contributed by atoms with E-state index in [9.17, 15) is 18.8 Å². The van der Waals surface area contributed by atoms with Crippen LogP contribution in [0.2, 0.25) is 0 Å². The number of nitriles is 1. The number of hydrogen-bond acceptors (Lipinski definition) is 11. The second-order valence-electron chi connectivity index (χ2n) is 12.6. The highest BCUT2D eigenvalue weighted by Crippen LogP contribution is 2.56. The van der Waals surface area contributed by atoms with Crippen molar-refractivity contribution >= 4 is 21.6 Å². The van der Waals surface area contributed by atoms with Gasteiger partial charge in [-0.2, -0.15) is 5.26 Å². The van der Waals surface area contributed by atoms with Gasteiger partial charge in [-0.15, -0.1) is 0 Å². The maximum atomic E-state index is 15.6. The van der Waals surface area contributed by atoms with Crippen molar-refractivity contribution in [1.29, 1.82) is 5.26 Å². The van der Waals surface area contributed by atoms with Gasteiger partial charge >= 0.3 is 0 Å². The Hall–Kier alpha value is -4.74. The molecule has 49 heavy (non-hydrogen) atoms. The predicted octanol–water partition coefficient (Wildman–Crippen LogP) is 4.34.